The number of carbonyl (C=O) groups excluding carboxylic acids is 2. The average Bonchev–Trinajstić information content (AvgIpc) is 3.37. The van der Waals surface area contributed by atoms with E-state index in [2.05, 4.69) is 5.32 Å². The smallest absolute Gasteiger partial charge is 0.350 e. The first kappa shape index (κ1) is 21.0. The fourth-order valence-electron chi connectivity index (χ4n) is 2.84. The lowest BCUT2D eigenvalue weighted by molar-refractivity contribution is -0.116. The van der Waals surface area contributed by atoms with Crippen LogP contribution in [0.5, 0.6) is 0 Å². The van der Waals surface area contributed by atoms with E-state index in [1.165, 1.54) is 23.0 Å². The maximum atomic E-state index is 12.9. The van der Waals surface area contributed by atoms with Crippen molar-refractivity contribution >= 4 is 50.5 Å². The van der Waals surface area contributed by atoms with Crippen molar-refractivity contribution < 1.29 is 19.1 Å². The maximum Gasteiger partial charge on any atom is 0.350 e. The molecule has 3 rings (SSSR count). The normalized spacial score (nSPS) is 11.0. The monoisotopic (exact) mass is 437 g/mol. The van der Waals surface area contributed by atoms with E-state index in [0.717, 1.165) is 15.9 Å². The number of methoxy groups -OCH3 is 2. The van der Waals surface area contributed by atoms with E-state index in [1.54, 1.807) is 30.0 Å². The molecule has 0 saturated carbocycles. The van der Waals surface area contributed by atoms with Crippen LogP contribution in [-0.4, -0.2) is 41.8 Å². The minimum atomic E-state index is -0.564. The Morgan fingerprint density at radius 2 is 1.86 bits per heavy atom. The topological polar surface area (TPSA) is 109 Å². The Morgan fingerprint density at radius 3 is 2.59 bits per heavy atom. The van der Waals surface area contributed by atoms with Crippen LogP contribution in [0.3, 0.4) is 0 Å². The van der Waals surface area contributed by atoms with Crippen LogP contribution in [0.25, 0.3) is 10.2 Å². The third-order valence-electron chi connectivity index (χ3n) is 4.18. The molecular formula is C18H19N3O6S2. The fraction of sp³-hybridized carbons (Fsp3) is 0.333. The Kier molecular flexibility index (Phi) is 6.62. The standard InChI is InChI=1S/C18H19N3O6S2/c1-26-7-3-6-20-16(23)15-12(5-9-29-15)21(18(20)25)10-13(22)19-11-4-8-28-14(11)17(24)27-2/h4-5,8-9H,3,6-7,10H2,1-2H3,(H,19,22). The molecule has 0 spiro atoms. The van der Waals surface area contributed by atoms with Crippen molar-refractivity contribution in [2.75, 3.05) is 26.1 Å². The highest BCUT2D eigenvalue weighted by Gasteiger charge is 2.19. The number of hydrogen-bond donors (Lipinski definition) is 1. The Hall–Kier alpha value is -2.76. The van der Waals surface area contributed by atoms with Crippen molar-refractivity contribution in [1.82, 2.24) is 9.13 Å². The highest BCUT2D eigenvalue weighted by molar-refractivity contribution is 7.17. The highest BCUT2D eigenvalue weighted by Crippen LogP contribution is 2.23. The molecule has 1 N–H and O–H groups in total. The van der Waals surface area contributed by atoms with Gasteiger partial charge < -0.3 is 14.8 Å². The van der Waals surface area contributed by atoms with Gasteiger partial charge in [0.2, 0.25) is 5.91 Å². The van der Waals surface area contributed by atoms with Crippen molar-refractivity contribution in [1.29, 1.82) is 0 Å². The molecule has 0 aromatic carbocycles. The second kappa shape index (κ2) is 9.16. The average molecular weight is 437 g/mol. The van der Waals surface area contributed by atoms with Crippen LogP contribution in [0.2, 0.25) is 0 Å². The summed E-state index contributed by atoms with van der Waals surface area (Å²) in [6, 6.07) is 3.23. The molecule has 0 aliphatic rings. The lowest BCUT2D eigenvalue weighted by Crippen LogP contribution is -2.41. The summed E-state index contributed by atoms with van der Waals surface area (Å²) in [4.78, 5) is 50.1. The summed E-state index contributed by atoms with van der Waals surface area (Å²) in [5.41, 5.74) is -0.222. The summed E-state index contributed by atoms with van der Waals surface area (Å²) < 4.78 is 12.5. The molecule has 11 heteroatoms. The van der Waals surface area contributed by atoms with Gasteiger partial charge in [0, 0.05) is 20.3 Å². The van der Waals surface area contributed by atoms with Crippen molar-refractivity contribution in [3.8, 4) is 0 Å². The SMILES string of the molecule is COCCCn1c(=O)c2sccc2n(CC(=O)Nc2ccsc2C(=O)OC)c1=O. The van der Waals surface area contributed by atoms with Crippen LogP contribution >= 0.6 is 22.7 Å². The third-order valence-corrected chi connectivity index (χ3v) is 5.96. The summed E-state index contributed by atoms with van der Waals surface area (Å²) in [6.07, 6.45) is 0.492. The number of fused-ring (bicyclic) bond motifs is 1. The highest BCUT2D eigenvalue weighted by atomic mass is 32.1. The van der Waals surface area contributed by atoms with Gasteiger partial charge in [-0.1, -0.05) is 0 Å². The predicted octanol–water partition coefficient (Wildman–Crippen LogP) is 1.75. The largest absolute Gasteiger partial charge is 0.465 e. The van der Waals surface area contributed by atoms with Crippen molar-refractivity contribution in [3.63, 3.8) is 0 Å². The van der Waals surface area contributed by atoms with Gasteiger partial charge in [-0.2, -0.15) is 0 Å². The molecular weight excluding hydrogens is 418 g/mol. The van der Waals surface area contributed by atoms with E-state index in [-0.39, 0.29) is 23.5 Å². The summed E-state index contributed by atoms with van der Waals surface area (Å²) in [7, 11) is 2.80. The predicted molar refractivity (Wildman–Crippen MR) is 111 cm³/mol. The zero-order valence-electron chi connectivity index (χ0n) is 15.8. The molecule has 3 aromatic heterocycles. The summed E-state index contributed by atoms with van der Waals surface area (Å²) in [5, 5.41) is 5.99. The summed E-state index contributed by atoms with van der Waals surface area (Å²) >= 11 is 2.36. The Morgan fingerprint density at radius 1 is 1.10 bits per heavy atom. The number of nitrogens with zero attached hydrogens (tertiary/aromatic N) is 2. The second-order valence-corrected chi connectivity index (χ2v) is 7.84. The molecule has 0 atom stereocenters. The molecule has 0 aliphatic heterocycles. The molecule has 3 aromatic rings. The van der Waals surface area contributed by atoms with Gasteiger partial charge in [-0.25, -0.2) is 9.59 Å². The fourth-order valence-corrected chi connectivity index (χ4v) is 4.45. The number of ether oxygens (including phenoxy) is 2. The van der Waals surface area contributed by atoms with Gasteiger partial charge in [-0.15, -0.1) is 22.7 Å². The first-order valence-electron chi connectivity index (χ1n) is 8.63. The van der Waals surface area contributed by atoms with E-state index in [4.69, 9.17) is 9.47 Å². The van der Waals surface area contributed by atoms with Gasteiger partial charge in [-0.3, -0.25) is 18.7 Å². The minimum Gasteiger partial charge on any atom is -0.465 e. The zero-order chi connectivity index (χ0) is 21.0. The molecule has 0 unspecified atom stereocenters. The molecule has 3 heterocycles. The Balaban J connectivity index is 1.92. The van der Waals surface area contributed by atoms with Gasteiger partial charge >= 0.3 is 11.7 Å². The molecule has 0 radical (unpaired) electrons. The quantitative estimate of drug-likeness (QED) is 0.425. The molecule has 1 amide bonds. The van der Waals surface area contributed by atoms with Crippen LogP contribution < -0.4 is 16.6 Å². The van der Waals surface area contributed by atoms with Gasteiger partial charge in [-0.05, 0) is 29.3 Å². The third kappa shape index (κ3) is 4.31. The van der Waals surface area contributed by atoms with E-state index >= 15 is 0 Å². The van der Waals surface area contributed by atoms with Crippen LogP contribution in [-0.2, 0) is 27.4 Å². The van der Waals surface area contributed by atoms with Crippen molar-refractivity contribution in [2.24, 2.45) is 0 Å². The molecule has 9 nitrogen and oxygen atoms in total. The number of hydrogen-bond acceptors (Lipinski definition) is 8. The van der Waals surface area contributed by atoms with Crippen LogP contribution in [0, 0.1) is 0 Å². The van der Waals surface area contributed by atoms with E-state index in [0.29, 0.717) is 28.9 Å². The van der Waals surface area contributed by atoms with Crippen molar-refractivity contribution in [3.05, 3.63) is 48.6 Å². The lowest BCUT2D eigenvalue weighted by Gasteiger charge is -2.12. The minimum absolute atomic E-state index is 0.192. The molecule has 0 aliphatic carbocycles. The first-order valence-corrected chi connectivity index (χ1v) is 10.4. The lowest BCUT2D eigenvalue weighted by atomic mass is 10.3. The van der Waals surface area contributed by atoms with E-state index in [1.807, 2.05) is 0 Å². The van der Waals surface area contributed by atoms with Gasteiger partial charge in [0.05, 0.1) is 18.3 Å². The maximum absolute atomic E-state index is 12.9. The van der Waals surface area contributed by atoms with Crippen molar-refractivity contribution in [2.45, 2.75) is 19.5 Å². The van der Waals surface area contributed by atoms with Gasteiger partial charge in [0.25, 0.3) is 5.56 Å². The molecule has 0 fully saturated rings. The summed E-state index contributed by atoms with van der Waals surface area (Å²) in [5.74, 6) is -1.05. The van der Waals surface area contributed by atoms with Crippen LogP contribution in [0.4, 0.5) is 5.69 Å². The number of amides is 1. The van der Waals surface area contributed by atoms with Crippen LogP contribution in [0.1, 0.15) is 16.1 Å². The number of aromatic nitrogens is 2. The zero-order valence-corrected chi connectivity index (χ0v) is 17.4. The Bertz CT molecular complexity index is 1160. The van der Waals surface area contributed by atoms with Gasteiger partial charge in [0.15, 0.2) is 0 Å². The molecule has 29 heavy (non-hydrogen) atoms. The Labute approximate surface area is 173 Å². The van der Waals surface area contributed by atoms with Crippen LogP contribution in [0.15, 0.2) is 32.5 Å². The molecule has 154 valence electrons. The molecule has 0 bridgehead atoms. The van der Waals surface area contributed by atoms with E-state index in [9.17, 15) is 19.2 Å². The van der Waals surface area contributed by atoms with E-state index < -0.39 is 17.6 Å². The first-order chi connectivity index (χ1) is 14.0. The number of anilines is 1. The number of carbonyl (C=O) groups is 2. The molecule has 0 saturated heterocycles. The number of thiophene rings is 2. The second-order valence-electron chi connectivity index (χ2n) is 6.01. The van der Waals surface area contributed by atoms with Gasteiger partial charge in [0.1, 0.15) is 16.1 Å². The summed E-state index contributed by atoms with van der Waals surface area (Å²) in [6.45, 7) is 0.300. The number of nitrogens with one attached hydrogen (secondary N) is 1. The number of esters is 1. The number of rotatable bonds is 8.